The normalized spacial score (nSPS) is 15.7. The van der Waals surface area contributed by atoms with Crippen molar-refractivity contribution in [2.45, 2.75) is 13.2 Å². The van der Waals surface area contributed by atoms with Gasteiger partial charge >= 0.3 is 0 Å². The Kier molecular flexibility index (Phi) is 6.24. The third-order valence-electron chi connectivity index (χ3n) is 6.17. The zero-order valence-corrected chi connectivity index (χ0v) is 21.1. The molecule has 4 aromatic carbocycles. The van der Waals surface area contributed by atoms with Crippen molar-refractivity contribution in [2.24, 2.45) is 0 Å². The van der Waals surface area contributed by atoms with Crippen molar-refractivity contribution in [2.75, 3.05) is 6.79 Å². The van der Waals surface area contributed by atoms with E-state index >= 15 is 0 Å². The molecule has 0 aliphatic carbocycles. The van der Waals surface area contributed by atoms with E-state index in [9.17, 15) is 9.59 Å². The molecule has 0 radical (unpaired) electrons. The number of amides is 2. The first-order valence-corrected chi connectivity index (χ1v) is 12.8. The minimum Gasteiger partial charge on any atom is -0.489 e. The van der Waals surface area contributed by atoms with Crippen LogP contribution < -0.4 is 14.2 Å². The summed E-state index contributed by atoms with van der Waals surface area (Å²) < 4.78 is 16.8. The monoisotopic (exact) mass is 529 g/mol. The number of fused-ring (bicyclic) bond motifs is 2. The van der Waals surface area contributed by atoms with Gasteiger partial charge in [0, 0.05) is 11.1 Å². The summed E-state index contributed by atoms with van der Waals surface area (Å²) in [6.45, 7) is 0.577. The van der Waals surface area contributed by atoms with Crippen LogP contribution in [0.1, 0.15) is 16.7 Å². The Bertz CT molecular complexity index is 1580. The molecule has 0 N–H and O–H groups in total. The molecule has 1 fully saturated rings. The van der Waals surface area contributed by atoms with Crippen LogP contribution in [0.15, 0.2) is 83.8 Å². The smallest absolute Gasteiger partial charge is 0.293 e. The van der Waals surface area contributed by atoms with Crippen molar-refractivity contribution in [1.82, 2.24) is 4.90 Å². The molecular formula is C29H20ClNO5S. The maximum absolute atomic E-state index is 13.1. The highest BCUT2D eigenvalue weighted by atomic mass is 35.5. The van der Waals surface area contributed by atoms with Crippen LogP contribution in [-0.4, -0.2) is 22.8 Å². The SMILES string of the molecule is O=C1S/C(=C\c2cccc(OCc3cccc4ccccc34)c2)C(=O)N1Cc1cc2c(cc1Cl)OCO2. The molecule has 2 amide bonds. The average molecular weight is 530 g/mol. The largest absolute Gasteiger partial charge is 0.489 e. The van der Waals surface area contributed by atoms with Gasteiger partial charge in [0.15, 0.2) is 11.5 Å². The topological polar surface area (TPSA) is 65.1 Å². The average Bonchev–Trinajstić information content (AvgIpc) is 3.46. The van der Waals surface area contributed by atoms with Crippen LogP contribution in [0.5, 0.6) is 17.2 Å². The van der Waals surface area contributed by atoms with Gasteiger partial charge in [0.2, 0.25) is 6.79 Å². The standard InChI is InChI=1S/C29H20ClNO5S/c30-24-14-26-25(35-17-36-26)13-21(24)15-31-28(32)27(37-29(31)33)12-18-5-3-9-22(11-18)34-16-20-8-4-7-19-6-1-2-10-23(19)20/h1-14H,15-17H2/b27-12-. The highest BCUT2D eigenvalue weighted by Crippen LogP contribution is 2.39. The Hall–Kier alpha value is -3.94. The second-order valence-electron chi connectivity index (χ2n) is 8.56. The van der Waals surface area contributed by atoms with Crippen LogP contribution in [0, 0.1) is 0 Å². The number of nitrogens with zero attached hydrogens (tertiary/aromatic N) is 1. The number of hydrogen-bond acceptors (Lipinski definition) is 6. The van der Waals surface area contributed by atoms with Gasteiger partial charge < -0.3 is 14.2 Å². The molecule has 0 bridgehead atoms. The Balaban J connectivity index is 1.17. The van der Waals surface area contributed by atoms with Crippen molar-refractivity contribution in [3.63, 3.8) is 0 Å². The molecule has 0 aromatic heterocycles. The number of thioether (sulfide) groups is 1. The van der Waals surface area contributed by atoms with Gasteiger partial charge in [-0.15, -0.1) is 0 Å². The van der Waals surface area contributed by atoms with Crippen molar-refractivity contribution in [3.8, 4) is 17.2 Å². The molecule has 0 spiro atoms. The van der Waals surface area contributed by atoms with Crippen LogP contribution in [0.3, 0.4) is 0 Å². The third kappa shape index (κ3) is 4.75. The van der Waals surface area contributed by atoms with Gasteiger partial charge in [0.05, 0.1) is 11.4 Å². The lowest BCUT2D eigenvalue weighted by molar-refractivity contribution is -0.123. The highest BCUT2D eigenvalue weighted by molar-refractivity contribution is 8.18. The fourth-order valence-electron chi connectivity index (χ4n) is 4.31. The van der Waals surface area contributed by atoms with Crippen LogP contribution in [0.25, 0.3) is 16.8 Å². The summed E-state index contributed by atoms with van der Waals surface area (Å²) in [4.78, 5) is 27.3. The van der Waals surface area contributed by atoms with Crippen LogP contribution in [0.4, 0.5) is 4.79 Å². The first-order chi connectivity index (χ1) is 18.0. The Morgan fingerprint density at radius 1 is 0.919 bits per heavy atom. The molecular weight excluding hydrogens is 510 g/mol. The third-order valence-corrected chi connectivity index (χ3v) is 7.43. The highest BCUT2D eigenvalue weighted by Gasteiger charge is 2.35. The second kappa shape index (κ2) is 9.84. The molecule has 0 saturated carbocycles. The molecule has 4 aromatic rings. The molecule has 2 heterocycles. The fourth-order valence-corrected chi connectivity index (χ4v) is 5.36. The van der Waals surface area contributed by atoms with Gasteiger partial charge in [-0.3, -0.25) is 14.5 Å². The first-order valence-electron chi connectivity index (χ1n) is 11.6. The number of imide groups is 1. The summed E-state index contributed by atoms with van der Waals surface area (Å²) in [5.41, 5.74) is 2.46. The lowest BCUT2D eigenvalue weighted by atomic mass is 10.1. The summed E-state index contributed by atoms with van der Waals surface area (Å²) >= 11 is 7.25. The summed E-state index contributed by atoms with van der Waals surface area (Å²) in [6, 6.07) is 25.1. The van der Waals surface area contributed by atoms with Gasteiger partial charge in [-0.1, -0.05) is 66.2 Å². The van der Waals surface area contributed by atoms with Crippen LogP contribution >= 0.6 is 23.4 Å². The van der Waals surface area contributed by atoms with E-state index in [1.807, 2.05) is 42.5 Å². The predicted molar refractivity (Wildman–Crippen MR) is 144 cm³/mol. The number of rotatable bonds is 6. The number of benzene rings is 4. The molecule has 6 nitrogen and oxygen atoms in total. The summed E-state index contributed by atoms with van der Waals surface area (Å²) in [6.07, 6.45) is 1.71. The Morgan fingerprint density at radius 3 is 2.59 bits per heavy atom. The van der Waals surface area contributed by atoms with E-state index < -0.39 is 0 Å². The maximum Gasteiger partial charge on any atom is 0.293 e. The lowest BCUT2D eigenvalue weighted by Crippen LogP contribution is -2.27. The van der Waals surface area contributed by atoms with Gasteiger partial charge in [-0.2, -0.15) is 0 Å². The molecule has 2 aliphatic rings. The predicted octanol–water partition coefficient (Wildman–Crippen LogP) is 7.04. The van der Waals surface area contributed by atoms with E-state index in [-0.39, 0.29) is 24.5 Å². The zero-order valence-electron chi connectivity index (χ0n) is 19.5. The molecule has 1 saturated heterocycles. The van der Waals surface area contributed by atoms with Gasteiger partial charge in [-0.05, 0) is 63.5 Å². The molecule has 37 heavy (non-hydrogen) atoms. The van der Waals surface area contributed by atoms with E-state index in [1.165, 1.54) is 4.90 Å². The zero-order chi connectivity index (χ0) is 25.4. The molecule has 184 valence electrons. The quantitative estimate of drug-likeness (QED) is 0.250. The minimum absolute atomic E-state index is 0.0473. The van der Waals surface area contributed by atoms with Crippen molar-refractivity contribution in [3.05, 3.63) is 105 Å². The van der Waals surface area contributed by atoms with Crippen molar-refractivity contribution in [1.29, 1.82) is 0 Å². The molecule has 8 heteroatoms. The molecule has 0 unspecified atom stereocenters. The summed E-state index contributed by atoms with van der Waals surface area (Å²) in [7, 11) is 0. The molecule has 2 aliphatic heterocycles. The fraction of sp³-hybridized carbons (Fsp3) is 0.103. The number of carbonyl (C=O) groups excluding carboxylic acids is 2. The Labute approximate surface area is 222 Å². The van der Waals surface area contributed by atoms with E-state index in [1.54, 1.807) is 18.2 Å². The maximum atomic E-state index is 13.1. The first kappa shape index (κ1) is 23.5. The number of hydrogen-bond donors (Lipinski definition) is 0. The Morgan fingerprint density at radius 2 is 1.70 bits per heavy atom. The number of carbonyl (C=O) groups is 2. The van der Waals surface area contributed by atoms with Crippen molar-refractivity contribution < 1.29 is 23.8 Å². The van der Waals surface area contributed by atoms with Crippen LogP contribution in [-0.2, 0) is 17.9 Å². The van der Waals surface area contributed by atoms with Gasteiger partial charge in [-0.25, -0.2) is 0 Å². The van der Waals surface area contributed by atoms with Gasteiger partial charge in [0.1, 0.15) is 12.4 Å². The van der Waals surface area contributed by atoms with E-state index in [2.05, 4.69) is 24.3 Å². The summed E-state index contributed by atoms with van der Waals surface area (Å²) in [5, 5.41) is 2.36. The van der Waals surface area contributed by atoms with E-state index in [0.717, 1.165) is 33.7 Å². The van der Waals surface area contributed by atoms with Gasteiger partial charge in [0.25, 0.3) is 11.1 Å². The lowest BCUT2D eigenvalue weighted by Gasteiger charge is -2.14. The van der Waals surface area contributed by atoms with Crippen molar-refractivity contribution >= 4 is 51.4 Å². The van der Waals surface area contributed by atoms with E-state index in [4.69, 9.17) is 25.8 Å². The van der Waals surface area contributed by atoms with Crippen LogP contribution in [0.2, 0.25) is 5.02 Å². The molecule has 6 rings (SSSR count). The number of ether oxygens (including phenoxy) is 3. The second-order valence-corrected chi connectivity index (χ2v) is 9.96. The summed E-state index contributed by atoms with van der Waals surface area (Å²) in [5.74, 6) is 1.39. The molecule has 0 atom stereocenters. The number of halogens is 1. The minimum atomic E-state index is -0.370. The van der Waals surface area contributed by atoms with E-state index in [0.29, 0.717) is 39.3 Å².